The molecule has 0 radical (unpaired) electrons. The number of hydrogen-bond acceptors (Lipinski definition) is 4. The molecule has 1 amide bonds. The second-order valence-electron chi connectivity index (χ2n) is 11.8. The van der Waals surface area contributed by atoms with Crippen molar-refractivity contribution in [3.8, 4) is 5.69 Å². The maximum Gasteiger partial charge on any atom is 0.407 e. The highest BCUT2D eigenvalue weighted by atomic mass is 16.6. The van der Waals surface area contributed by atoms with E-state index in [2.05, 4.69) is 33.1 Å². The van der Waals surface area contributed by atoms with E-state index in [0.29, 0.717) is 25.8 Å². The van der Waals surface area contributed by atoms with Crippen molar-refractivity contribution < 1.29 is 19.4 Å². The van der Waals surface area contributed by atoms with Crippen molar-refractivity contribution in [2.45, 2.75) is 103 Å². The summed E-state index contributed by atoms with van der Waals surface area (Å²) in [5.41, 5.74) is 5.41. The molecule has 7 nitrogen and oxygen atoms in total. The third kappa shape index (κ3) is 7.59. The number of imidazole rings is 1. The Balaban J connectivity index is 1.33. The fraction of sp³-hybridized carbons (Fsp3) is 0.633. The highest BCUT2D eigenvalue weighted by molar-refractivity contribution is 5.70. The Morgan fingerprint density at radius 1 is 1.19 bits per heavy atom. The van der Waals surface area contributed by atoms with Crippen LogP contribution in [0.2, 0.25) is 0 Å². The first-order valence-electron chi connectivity index (χ1n) is 14.1. The molecule has 2 N–H and O–H groups in total. The number of rotatable bonds is 10. The first-order chi connectivity index (χ1) is 17.7. The Kier molecular flexibility index (Phi) is 8.93. The van der Waals surface area contributed by atoms with Gasteiger partial charge in [-0.1, -0.05) is 44.2 Å². The van der Waals surface area contributed by atoms with Crippen LogP contribution in [0.3, 0.4) is 0 Å². The molecule has 4 rings (SSSR count). The summed E-state index contributed by atoms with van der Waals surface area (Å²) < 4.78 is 7.39. The van der Waals surface area contributed by atoms with Gasteiger partial charge < -0.3 is 19.7 Å². The largest absolute Gasteiger partial charge is 0.481 e. The van der Waals surface area contributed by atoms with Gasteiger partial charge in [0.25, 0.3) is 0 Å². The second kappa shape index (κ2) is 12.1. The van der Waals surface area contributed by atoms with Crippen LogP contribution < -0.4 is 5.32 Å². The van der Waals surface area contributed by atoms with Gasteiger partial charge in [-0.05, 0) is 82.4 Å². The topological polar surface area (TPSA) is 93.5 Å². The van der Waals surface area contributed by atoms with Crippen LogP contribution in [0.5, 0.6) is 0 Å². The Labute approximate surface area is 221 Å². The van der Waals surface area contributed by atoms with E-state index in [0.717, 1.165) is 36.6 Å². The third-order valence-corrected chi connectivity index (χ3v) is 7.74. The summed E-state index contributed by atoms with van der Waals surface area (Å²) in [6.45, 7) is 5.83. The van der Waals surface area contributed by atoms with E-state index in [1.54, 1.807) is 0 Å². The summed E-state index contributed by atoms with van der Waals surface area (Å²) in [4.78, 5) is 28.4. The maximum atomic E-state index is 12.0. The number of aromatic nitrogens is 2. The van der Waals surface area contributed by atoms with Crippen molar-refractivity contribution in [3.63, 3.8) is 0 Å². The van der Waals surface area contributed by atoms with Crippen molar-refractivity contribution in [2.75, 3.05) is 6.54 Å². The van der Waals surface area contributed by atoms with E-state index in [1.807, 2.05) is 27.1 Å². The molecule has 2 aliphatic rings. The average Bonchev–Trinajstić information content (AvgIpc) is 3.27. The zero-order chi connectivity index (χ0) is 26.4. The van der Waals surface area contributed by atoms with Gasteiger partial charge >= 0.3 is 12.1 Å². The Bertz CT molecular complexity index is 1080. The molecule has 1 aromatic heterocycles. The number of fused-ring (bicyclic) bond motifs is 3. The van der Waals surface area contributed by atoms with Crippen LogP contribution in [0, 0.1) is 11.8 Å². The van der Waals surface area contributed by atoms with E-state index >= 15 is 0 Å². The number of alkyl carbamates (subject to hydrolysis) is 1. The van der Waals surface area contributed by atoms with Crippen molar-refractivity contribution in [1.82, 2.24) is 14.9 Å². The standard InChI is InChI=1S/C30H43N3O4/c1-30(2,3)37-29(36)31-17-7-10-24(28(34)35)19-25-27-16-14-23-18-22(12-11-21-8-5-4-6-9-21)13-15-26(23)33(27)20-32-25/h13,15,18,20-21,24H,4-12,14,16-17,19H2,1-3H3,(H,31,36)(H,34,35)/t24-/m0/s1. The van der Waals surface area contributed by atoms with Crippen molar-refractivity contribution in [2.24, 2.45) is 11.8 Å². The first kappa shape index (κ1) is 27.2. The van der Waals surface area contributed by atoms with Gasteiger partial charge in [0, 0.05) is 24.3 Å². The molecule has 0 bridgehead atoms. The normalized spacial score (nSPS) is 16.5. The van der Waals surface area contributed by atoms with Crippen LogP contribution in [0.4, 0.5) is 4.79 Å². The lowest BCUT2D eigenvalue weighted by atomic mass is 9.85. The van der Waals surface area contributed by atoms with Crippen molar-refractivity contribution >= 4 is 12.1 Å². The number of carbonyl (C=O) groups is 2. The molecule has 7 heteroatoms. The van der Waals surface area contributed by atoms with Gasteiger partial charge in [-0.2, -0.15) is 0 Å². The molecule has 1 fully saturated rings. The predicted molar refractivity (Wildman–Crippen MR) is 144 cm³/mol. The number of nitrogens with zero attached hydrogens (tertiary/aromatic N) is 2. The van der Waals surface area contributed by atoms with Crippen LogP contribution >= 0.6 is 0 Å². The van der Waals surface area contributed by atoms with E-state index in [9.17, 15) is 14.7 Å². The molecule has 1 saturated carbocycles. The fourth-order valence-electron chi connectivity index (χ4n) is 5.78. The minimum atomic E-state index is -0.821. The molecule has 0 spiro atoms. The number of aryl methyl sites for hydroxylation is 2. The zero-order valence-corrected chi connectivity index (χ0v) is 22.7. The molecule has 1 atom stereocenters. The monoisotopic (exact) mass is 509 g/mol. The molecule has 1 aliphatic carbocycles. The zero-order valence-electron chi connectivity index (χ0n) is 22.7. The number of nitrogens with one attached hydrogen (secondary N) is 1. The predicted octanol–water partition coefficient (Wildman–Crippen LogP) is 6.03. The van der Waals surface area contributed by atoms with Gasteiger partial charge in [0.15, 0.2) is 0 Å². The highest BCUT2D eigenvalue weighted by Crippen LogP contribution is 2.31. The molecule has 2 heterocycles. The third-order valence-electron chi connectivity index (χ3n) is 7.74. The summed E-state index contributed by atoms with van der Waals surface area (Å²) in [6.07, 6.45) is 14.1. The summed E-state index contributed by atoms with van der Waals surface area (Å²) >= 11 is 0. The number of amides is 1. The van der Waals surface area contributed by atoms with Crippen LogP contribution in [0.15, 0.2) is 24.5 Å². The molecule has 202 valence electrons. The van der Waals surface area contributed by atoms with Crippen LogP contribution in [-0.4, -0.2) is 38.9 Å². The molecule has 1 aromatic carbocycles. The number of hydrogen-bond donors (Lipinski definition) is 2. The SMILES string of the molecule is CC(C)(C)OC(=O)NCCC[C@@H](Cc1ncn2c1CCc1cc(CCC3CCCCC3)ccc1-2)C(=O)O. The molecule has 37 heavy (non-hydrogen) atoms. The summed E-state index contributed by atoms with van der Waals surface area (Å²) in [7, 11) is 0. The fourth-order valence-corrected chi connectivity index (χ4v) is 5.78. The smallest absolute Gasteiger partial charge is 0.407 e. The Morgan fingerprint density at radius 3 is 2.70 bits per heavy atom. The Morgan fingerprint density at radius 2 is 1.97 bits per heavy atom. The van der Waals surface area contributed by atoms with E-state index in [4.69, 9.17) is 4.74 Å². The highest BCUT2D eigenvalue weighted by Gasteiger charge is 2.25. The molecular formula is C30H43N3O4. The molecule has 0 saturated heterocycles. The van der Waals surface area contributed by atoms with Gasteiger partial charge in [0.05, 0.1) is 17.9 Å². The molecular weight excluding hydrogens is 466 g/mol. The van der Waals surface area contributed by atoms with Crippen molar-refractivity contribution in [1.29, 1.82) is 0 Å². The second-order valence-corrected chi connectivity index (χ2v) is 11.8. The number of carboxylic acid groups (broad SMARTS) is 1. The lowest BCUT2D eigenvalue weighted by Crippen LogP contribution is -2.33. The number of ether oxygens (including phenoxy) is 1. The lowest BCUT2D eigenvalue weighted by Gasteiger charge is -2.23. The van der Waals surface area contributed by atoms with Crippen LogP contribution in [-0.2, 0) is 35.2 Å². The quantitative estimate of drug-likeness (QED) is 0.381. The molecule has 2 aromatic rings. The number of benzene rings is 1. The number of carboxylic acids is 1. The van der Waals surface area contributed by atoms with Gasteiger partial charge in [-0.15, -0.1) is 0 Å². The lowest BCUT2D eigenvalue weighted by molar-refractivity contribution is -0.142. The summed E-state index contributed by atoms with van der Waals surface area (Å²) in [5, 5.41) is 12.5. The Hall–Kier alpha value is -2.83. The summed E-state index contributed by atoms with van der Waals surface area (Å²) in [6, 6.07) is 6.85. The molecule has 1 aliphatic heterocycles. The first-order valence-corrected chi connectivity index (χ1v) is 14.1. The van der Waals surface area contributed by atoms with Gasteiger partial charge in [0.2, 0.25) is 0 Å². The number of aliphatic carboxylic acids is 1. The average molecular weight is 510 g/mol. The van der Waals surface area contributed by atoms with Gasteiger partial charge in [0.1, 0.15) is 5.60 Å². The van der Waals surface area contributed by atoms with Gasteiger partial charge in [-0.3, -0.25) is 4.79 Å². The molecule has 0 unspecified atom stereocenters. The van der Waals surface area contributed by atoms with Gasteiger partial charge in [-0.25, -0.2) is 9.78 Å². The van der Waals surface area contributed by atoms with E-state index in [-0.39, 0.29) is 0 Å². The summed E-state index contributed by atoms with van der Waals surface area (Å²) in [5.74, 6) is -0.468. The van der Waals surface area contributed by atoms with Crippen LogP contribution in [0.1, 0.15) is 94.7 Å². The number of carbonyl (C=O) groups excluding carboxylic acids is 1. The van der Waals surface area contributed by atoms with E-state index < -0.39 is 23.6 Å². The van der Waals surface area contributed by atoms with Crippen LogP contribution in [0.25, 0.3) is 5.69 Å². The van der Waals surface area contributed by atoms with E-state index in [1.165, 1.54) is 55.3 Å². The maximum absolute atomic E-state index is 12.0. The minimum Gasteiger partial charge on any atom is -0.481 e. The minimum absolute atomic E-state index is 0.385. The van der Waals surface area contributed by atoms with Crippen molar-refractivity contribution in [3.05, 3.63) is 47.0 Å².